The second-order valence-corrected chi connectivity index (χ2v) is 6.96. The molecule has 3 atom stereocenters. The molecule has 1 fully saturated rings. The zero-order valence-electron chi connectivity index (χ0n) is 15.1. The van der Waals surface area contributed by atoms with Crippen LogP contribution in [0.1, 0.15) is 24.9 Å². The molecular weight excluding hydrogens is 338 g/mol. The molecule has 3 aromatic rings. The molecule has 1 heterocycles. The Labute approximate surface area is 157 Å². The van der Waals surface area contributed by atoms with Gasteiger partial charge in [0.25, 0.3) is 0 Å². The minimum Gasteiger partial charge on any atom is -0.349 e. The Morgan fingerprint density at radius 1 is 0.963 bits per heavy atom. The number of nitrogens with zero attached hydrogens (tertiary/aromatic N) is 1. The fourth-order valence-corrected chi connectivity index (χ4v) is 3.35. The van der Waals surface area contributed by atoms with Gasteiger partial charge in [0.05, 0.1) is 29.1 Å². The Kier molecular flexibility index (Phi) is 4.59. The van der Waals surface area contributed by atoms with Crippen molar-refractivity contribution in [2.45, 2.75) is 19.4 Å². The minimum absolute atomic E-state index is 0.0671. The average Bonchev–Trinajstić information content (AvgIpc) is 3.50. The molecule has 136 valence electrons. The maximum atomic E-state index is 12.6. The molecule has 5 nitrogen and oxygen atoms in total. The summed E-state index contributed by atoms with van der Waals surface area (Å²) in [4.78, 5) is 29.4. The summed E-state index contributed by atoms with van der Waals surface area (Å²) in [5, 5.41) is 6.91. The van der Waals surface area contributed by atoms with Gasteiger partial charge in [0.2, 0.25) is 11.8 Å². The van der Waals surface area contributed by atoms with Crippen LogP contribution in [0.2, 0.25) is 0 Å². The fraction of sp³-hybridized carbons (Fsp3) is 0.227. The largest absolute Gasteiger partial charge is 0.349 e. The number of nitrogens with one attached hydrogen (secondary N) is 2. The fourth-order valence-electron chi connectivity index (χ4n) is 3.35. The Morgan fingerprint density at radius 3 is 2.52 bits per heavy atom. The highest BCUT2D eigenvalue weighted by molar-refractivity contribution is 6.04. The second kappa shape index (κ2) is 7.19. The summed E-state index contributed by atoms with van der Waals surface area (Å²) >= 11 is 0. The highest BCUT2D eigenvalue weighted by atomic mass is 16.2. The van der Waals surface area contributed by atoms with Crippen LogP contribution in [-0.4, -0.2) is 16.8 Å². The SMILES string of the molecule is CC(NC(=O)C1CC1C(=O)Nc1cccc2cccnc12)c1ccccc1. The van der Waals surface area contributed by atoms with Crippen LogP contribution in [0, 0.1) is 11.8 Å². The predicted molar refractivity (Wildman–Crippen MR) is 105 cm³/mol. The normalized spacial score (nSPS) is 19.3. The number of fused-ring (bicyclic) bond motifs is 1. The van der Waals surface area contributed by atoms with E-state index in [0.717, 1.165) is 16.5 Å². The first-order valence-electron chi connectivity index (χ1n) is 9.13. The van der Waals surface area contributed by atoms with Crippen LogP contribution >= 0.6 is 0 Å². The minimum atomic E-state index is -0.285. The molecule has 2 aromatic carbocycles. The molecule has 1 saturated carbocycles. The van der Waals surface area contributed by atoms with Crippen molar-refractivity contribution in [2.75, 3.05) is 5.32 Å². The maximum absolute atomic E-state index is 12.6. The molecule has 1 aliphatic rings. The lowest BCUT2D eigenvalue weighted by atomic mass is 10.1. The molecule has 4 rings (SSSR count). The molecular formula is C22H21N3O2. The number of aromatic nitrogens is 1. The Morgan fingerprint density at radius 2 is 1.70 bits per heavy atom. The van der Waals surface area contributed by atoms with E-state index in [4.69, 9.17) is 0 Å². The predicted octanol–water partition coefficient (Wildman–Crippen LogP) is 3.69. The highest BCUT2D eigenvalue weighted by Gasteiger charge is 2.48. The summed E-state index contributed by atoms with van der Waals surface area (Å²) in [6.07, 6.45) is 2.29. The van der Waals surface area contributed by atoms with Gasteiger partial charge in [-0.2, -0.15) is 0 Å². The molecule has 0 aliphatic heterocycles. The van der Waals surface area contributed by atoms with Gasteiger partial charge in [0.15, 0.2) is 0 Å². The van der Waals surface area contributed by atoms with Crippen molar-refractivity contribution in [1.82, 2.24) is 10.3 Å². The van der Waals surface area contributed by atoms with Gasteiger partial charge in [-0.15, -0.1) is 0 Å². The number of anilines is 1. The number of hydrogen-bond donors (Lipinski definition) is 2. The summed E-state index contributed by atoms with van der Waals surface area (Å²) in [7, 11) is 0. The van der Waals surface area contributed by atoms with Gasteiger partial charge in [0.1, 0.15) is 0 Å². The zero-order chi connectivity index (χ0) is 18.8. The monoisotopic (exact) mass is 359 g/mol. The van der Waals surface area contributed by atoms with Crippen LogP contribution in [0.25, 0.3) is 10.9 Å². The Hall–Kier alpha value is -3.21. The van der Waals surface area contributed by atoms with Crippen LogP contribution in [-0.2, 0) is 9.59 Å². The van der Waals surface area contributed by atoms with Gasteiger partial charge in [-0.25, -0.2) is 0 Å². The number of rotatable bonds is 5. The zero-order valence-corrected chi connectivity index (χ0v) is 15.1. The molecule has 0 spiro atoms. The quantitative estimate of drug-likeness (QED) is 0.730. The van der Waals surface area contributed by atoms with E-state index < -0.39 is 0 Å². The summed E-state index contributed by atoms with van der Waals surface area (Å²) < 4.78 is 0. The van der Waals surface area contributed by atoms with Crippen molar-refractivity contribution in [1.29, 1.82) is 0 Å². The summed E-state index contributed by atoms with van der Waals surface area (Å²) in [6.45, 7) is 1.95. The Bertz CT molecular complexity index is 982. The van der Waals surface area contributed by atoms with Gasteiger partial charge < -0.3 is 10.6 Å². The molecule has 1 aliphatic carbocycles. The number of hydrogen-bond acceptors (Lipinski definition) is 3. The first-order chi connectivity index (χ1) is 13.1. The van der Waals surface area contributed by atoms with E-state index in [2.05, 4.69) is 15.6 Å². The first-order valence-corrected chi connectivity index (χ1v) is 9.13. The molecule has 27 heavy (non-hydrogen) atoms. The number of pyridine rings is 1. The van der Waals surface area contributed by atoms with Crippen LogP contribution < -0.4 is 10.6 Å². The van der Waals surface area contributed by atoms with Crippen molar-refractivity contribution in [3.05, 3.63) is 72.4 Å². The van der Waals surface area contributed by atoms with Crippen LogP contribution in [0.15, 0.2) is 66.9 Å². The third-order valence-electron chi connectivity index (χ3n) is 5.01. The first kappa shape index (κ1) is 17.2. The summed E-state index contributed by atoms with van der Waals surface area (Å²) in [5.74, 6) is -0.741. The molecule has 2 amide bonds. The smallest absolute Gasteiger partial charge is 0.228 e. The van der Waals surface area contributed by atoms with Crippen LogP contribution in [0.3, 0.4) is 0 Å². The molecule has 1 aromatic heterocycles. The van der Waals surface area contributed by atoms with E-state index in [1.165, 1.54) is 0 Å². The van der Waals surface area contributed by atoms with Crippen molar-refractivity contribution >= 4 is 28.4 Å². The van der Waals surface area contributed by atoms with Crippen molar-refractivity contribution < 1.29 is 9.59 Å². The number of amides is 2. The summed E-state index contributed by atoms with van der Waals surface area (Å²) in [5.41, 5.74) is 2.49. The van der Waals surface area contributed by atoms with E-state index in [1.54, 1.807) is 6.20 Å². The van der Waals surface area contributed by atoms with Crippen molar-refractivity contribution in [3.8, 4) is 0 Å². The molecule has 0 radical (unpaired) electrons. The topological polar surface area (TPSA) is 71.1 Å². The number of carbonyl (C=O) groups excluding carboxylic acids is 2. The maximum Gasteiger partial charge on any atom is 0.228 e. The number of benzene rings is 2. The van der Waals surface area contributed by atoms with Crippen molar-refractivity contribution in [2.24, 2.45) is 11.8 Å². The van der Waals surface area contributed by atoms with Gasteiger partial charge >= 0.3 is 0 Å². The molecule has 5 heteroatoms. The molecule has 0 saturated heterocycles. The molecule has 3 unspecified atom stereocenters. The van der Waals surface area contributed by atoms with E-state index in [9.17, 15) is 9.59 Å². The number of para-hydroxylation sites is 1. The van der Waals surface area contributed by atoms with Gasteiger partial charge in [-0.1, -0.05) is 48.5 Å². The summed E-state index contributed by atoms with van der Waals surface area (Å²) in [6, 6.07) is 19.2. The third-order valence-corrected chi connectivity index (χ3v) is 5.01. The van der Waals surface area contributed by atoms with Gasteiger partial charge in [-0.05, 0) is 31.0 Å². The van der Waals surface area contributed by atoms with E-state index >= 15 is 0 Å². The van der Waals surface area contributed by atoms with Crippen LogP contribution in [0.5, 0.6) is 0 Å². The van der Waals surface area contributed by atoms with Gasteiger partial charge in [-0.3, -0.25) is 14.6 Å². The number of carbonyl (C=O) groups is 2. The molecule has 0 bridgehead atoms. The lowest BCUT2D eigenvalue weighted by Crippen LogP contribution is -2.29. The lowest BCUT2D eigenvalue weighted by Gasteiger charge is -2.14. The van der Waals surface area contributed by atoms with E-state index in [0.29, 0.717) is 12.1 Å². The average molecular weight is 359 g/mol. The lowest BCUT2D eigenvalue weighted by molar-refractivity contribution is -0.125. The Balaban J connectivity index is 1.38. The highest BCUT2D eigenvalue weighted by Crippen LogP contribution is 2.40. The standard InChI is InChI=1S/C22H21N3O2/c1-14(15-7-3-2-4-8-15)24-21(26)17-13-18(17)22(27)25-19-11-5-9-16-10-6-12-23-20(16)19/h2-12,14,17-18H,13H2,1H3,(H,24,26)(H,25,27). The van der Waals surface area contributed by atoms with Gasteiger partial charge in [0, 0.05) is 11.6 Å². The molecule has 2 N–H and O–H groups in total. The van der Waals surface area contributed by atoms with E-state index in [1.807, 2.05) is 67.6 Å². The van der Waals surface area contributed by atoms with Crippen LogP contribution in [0.4, 0.5) is 5.69 Å². The van der Waals surface area contributed by atoms with Crippen molar-refractivity contribution in [3.63, 3.8) is 0 Å². The second-order valence-electron chi connectivity index (χ2n) is 6.96. The third kappa shape index (κ3) is 3.67. The van der Waals surface area contributed by atoms with E-state index in [-0.39, 0.29) is 29.7 Å².